The maximum Gasteiger partial charge on any atom is 0.272 e. The molecule has 6 nitrogen and oxygen atoms in total. The Morgan fingerprint density at radius 1 is 1.71 bits per heavy atom. The van der Waals surface area contributed by atoms with Gasteiger partial charge < -0.3 is 15.2 Å². The van der Waals surface area contributed by atoms with Crippen LogP contribution < -0.4 is 10.1 Å². The number of nitrogens with zero attached hydrogens (tertiary/aromatic N) is 2. The molecule has 0 spiro atoms. The Morgan fingerprint density at radius 3 is 2.94 bits per heavy atom. The summed E-state index contributed by atoms with van der Waals surface area (Å²) in [5, 5.41) is 15.6. The third-order valence-corrected chi connectivity index (χ3v) is 2.45. The fourth-order valence-electron chi connectivity index (χ4n) is 1.52. The van der Waals surface area contributed by atoms with Crippen LogP contribution >= 0.6 is 0 Å². The maximum absolute atomic E-state index is 11.8. The molecule has 1 rings (SSSR count). The monoisotopic (exact) mass is 241 g/mol. The molecule has 1 atom stereocenters. The van der Waals surface area contributed by atoms with Crippen LogP contribution in [0.15, 0.2) is 6.07 Å². The van der Waals surface area contributed by atoms with Crippen molar-refractivity contribution in [3.05, 3.63) is 11.8 Å². The second kappa shape index (κ2) is 6.24. The lowest BCUT2D eigenvalue weighted by atomic mass is 10.2. The molecule has 96 valence electrons. The maximum atomic E-state index is 11.8. The van der Waals surface area contributed by atoms with Gasteiger partial charge in [0, 0.05) is 25.8 Å². The molecule has 1 amide bonds. The van der Waals surface area contributed by atoms with E-state index in [4.69, 9.17) is 9.84 Å². The first-order chi connectivity index (χ1) is 8.08. The van der Waals surface area contributed by atoms with E-state index in [9.17, 15) is 4.79 Å². The van der Waals surface area contributed by atoms with Gasteiger partial charge in [0.05, 0.1) is 7.11 Å². The molecule has 0 saturated carbocycles. The van der Waals surface area contributed by atoms with Crippen LogP contribution in [0.25, 0.3) is 0 Å². The zero-order valence-electron chi connectivity index (χ0n) is 10.4. The molecule has 0 fully saturated rings. The molecule has 0 aliphatic rings. The number of ether oxygens (including phenoxy) is 1. The number of nitrogens with one attached hydrogen (secondary N) is 1. The predicted molar refractivity (Wildman–Crippen MR) is 63.0 cm³/mol. The van der Waals surface area contributed by atoms with Gasteiger partial charge >= 0.3 is 0 Å². The van der Waals surface area contributed by atoms with Gasteiger partial charge in [-0.1, -0.05) is 0 Å². The van der Waals surface area contributed by atoms with E-state index >= 15 is 0 Å². The summed E-state index contributed by atoms with van der Waals surface area (Å²) in [5.74, 6) is 0.313. The Labute approximate surface area is 101 Å². The number of rotatable bonds is 6. The number of hydrogen-bond donors (Lipinski definition) is 2. The van der Waals surface area contributed by atoms with Crippen LogP contribution in [-0.2, 0) is 7.05 Å². The van der Waals surface area contributed by atoms with Crippen molar-refractivity contribution >= 4 is 5.91 Å². The Bertz CT molecular complexity index is 376. The Hall–Kier alpha value is -1.56. The normalized spacial score (nSPS) is 12.2. The van der Waals surface area contributed by atoms with Gasteiger partial charge in [-0.2, -0.15) is 5.10 Å². The summed E-state index contributed by atoms with van der Waals surface area (Å²) >= 11 is 0. The molecule has 1 unspecified atom stereocenters. The van der Waals surface area contributed by atoms with E-state index in [-0.39, 0.29) is 18.6 Å². The largest absolute Gasteiger partial charge is 0.481 e. The summed E-state index contributed by atoms with van der Waals surface area (Å²) in [6, 6.07) is 1.61. The van der Waals surface area contributed by atoms with Gasteiger partial charge in [0.2, 0.25) is 5.88 Å². The summed E-state index contributed by atoms with van der Waals surface area (Å²) in [6.07, 6.45) is 1.42. The minimum Gasteiger partial charge on any atom is -0.481 e. The van der Waals surface area contributed by atoms with E-state index < -0.39 is 0 Å². The third kappa shape index (κ3) is 3.74. The minimum atomic E-state index is -0.227. The van der Waals surface area contributed by atoms with E-state index in [0.717, 1.165) is 6.42 Å². The number of aryl methyl sites for hydroxylation is 1. The lowest BCUT2D eigenvalue weighted by Gasteiger charge is -2.11. The molecule has 0 aliphatic heterocycles. The number of carbonyl (C=O) groups is 1. The number of hydrogen-bond acceptors (Lipinski definition) is 4. The Kier molecular flexibility index (Phi) is 4.96. The van der Waals surface area contributed by atoms with Crippen LogP contribution in [0.5, 0.6) is 5.88 Å². The standard InChI is InChI=1S/C11H19N3O3/c1-8(5-4-6-15)12-11(16)9-7-10(17-3)14(2)13-9/h7-8,15H,4-6H2,1-3H3,(H,12,16). The Balaban J connectivity index is 2.57. The highest BCUT2D eigenvalue weighted by molar-refractivity contribution is 5.92. The van der Waals surface area contributed by atoms with Gasteiger partial charge in [0.15, 0.2) is 5.69 Å². The quantitative estimate of drug-likeness (QED) is 0.752. The summed E-state index contributed by atoms with van der Waals surface area (Å²) in [6.45, 7) is 2.03. The third-order valence-electron chi connectivity index (χ3n) is 2.45. The molecule has 0 saturated heterocycles. The molecular formula is C11H19N3O3. The number of carbonyl (C=O) groups excluding carboxylic acids is 1. The second-order valence-electron chi connectivity index (χ2n) is 3.94. The lowest BCUT2D eigenvalue weighted by molar-refractivity contribution is 0.0930. The number of aromatic nitrogens is 2. The molecule has 1 aromatic heterocycles. The highest BCUT2D eigenvalue weighted by Gasteiger charge is 2.14. The molecule has 1 heterocycles. The van der Waals surface area contributed by atoms with Crippen molar-refractivity contribution in [3.8, 4) is 5.88 Å². The van der Waals surface area contributed by atoms with Gasteiger partial charge in [-0.3, -0.25) is 4.79 Å². The lowest BCUT2D eigenvalue weighted by Crippen LogP contribution is -2.33. The van der Waals surface area contributed by atoms with Crippen molar-refractivity contribution in [1.29, 1.82) is 0 Å². The van der Waals surface area contributed by atoms with Crippen molar-refractivity contribution in [2.45, 2.75) is 25.8 Å². The van der Waals surface area contributed by atoms with Crippen LogP contribution in [0.4, 0.5) is 0 Å². The van der Waals surface area contributed by atoms with E-state index in [0.29, 0.717) is 18.0 Å². The van der Waals surface area contributed by atoms with Gasteiger partial charge in [0.25, 0.3) is 5.91 Å². The van der Waals surface area contributed by atoms with E-state index in [1.807, 2.05) is 6.92 Å². The van der Waals surface area contributed by atoms with Crippen LogP contribution in [0, 0.1) is 0 Å². The van der Waals surface area contributed by atoms with Gasteiger partial charge in [-0.05, 0) is 19.8 Å². The highest BCUT2D eigenvalue weighted by atomic mass is 16.5. The average molecular weight is 241 g/mol. The number of aliphatic hydroxyl groups excluding tert-OH is 1. The van der Waals surface area contributed by atoms with Crippen LogP contribution in [0.3, 0.4) is 0 Å². The van der Waals surface area contributed by atoms with E-state index in [1.165, 1.54) is 11.8 Å². The molecule has 0 aromatic carbocycles. The predicted octanol–water partition coefficient (Wildman–Crippen LogP) is 0.319. The van der Waals surface area contributed by atoms with Gasteiger partial charge in [0.1, 0.15) is 0 Å². The summed E-state index contributed by atoms with van der Waals surface area (Å²) in [7, 11) is 3.24. The zero-order valence-corrected chi connectivity index (χ0v) is 10.4. The molecule has 6 heteroatoms. The van der Waals surface area contributed by atoms with Crippen molar-refractivity contribution < 1.29 is 14.6 Å². The summed E-state index contributed by atoms with van der Waals surface area (Å²) in [4.78, 5) is 11.8. The summed E-state index contributed by atoms with van der Waals surface area (Å²) in [5.41, 5.74) is 0.334. The van der Waals surface area contributed by atoms with Crippen molar-refractivity contribution in [2.24, 2.45) is 7.05 Å². The molecular weight excluding hydrogens is 222 g/mol. The Morgan fingerprint density at radius 2 is 2.41 bits per heavy atom. The number of aliphatic hydroxyl groups is 1. The molecule has 2 N–H and O–H groups in total. The second-order valence-corrected chi connectivity index (χ2v) is 3.94. The average Bonchev–Trinajstić information content (AvgIpc) is 2.68. The molecule has 17 heavy (non-hydrogen) atoms. The van der Waals surface area contributed by atoms with Crippen molar-refractivity contribution in [3.63, 3.8) is 0 Å². The first kappa shape index (κ1) is 13.5. The first-order valence-electron chi connectivity index (χ1n) is 5.58. The molecule has 0 radical (unpaired) electrons. The molecule has 1 aromatic rings. The van der Waals surface area contributed by atoms with Crippen LogP contribution in [-0.4, -0.2) is 40.6 Å². The fraction of sp³-hybridized carbons (Fsp3) is 0.636. The minimum absolute atomic E-state index is 0.0163. The van der Waals surface area contributed by atoms with E-state index in [2.05, 4.69) is 10.4 Å². The number of methoxy groups -OCH3 is 1. The van der Waals surface area contributed by atoms with Crippen LogP contribution in [0.1, 0.15) is 30.3 Å². The molecule has 0 bridgehead atoms. The van der Waals surface area contributed by atoms with Crippen molar-refractivity contribution in [2.75, 3.05) is 13.7 Å². The summed E-state index contributed by atoms with van der Waals surface area (Å²) < 4.78 is 6.54. The topological polar surface area (TPSA) is 76.4 Å². The SMILES string of the molecule is COc1cc(C(=O)NC(C)CCCO)nn1C. The highest BCUT2D eigenvalue weighted by Crippen LogP contribution is 2.11. The fourth-order valence-corrected chi connectivity index (χ4v) is 1.52. The van der Waals surface area contributed by atoms with Crippen molar-refractivity contribution in [1.82, 2.24) is 15.1 Å². The molecule has 0 aliphatic carbocycles. The van der Waals surface area contributed by atoms with E-state index in [1.54, 1.807) is 13.1 Å². The zero-order chi connectivity index (χ0) is 12.8. The smallest absolute Gasteiger partial charge is 0.272 e. The van der Waals surface area contributed by atoms with Gasteiger partial charge in [-0.15, -0.1) is 0 Å². The number of amides is 1. The van der Waals surface area contributed by atoms with Gasteiger partial charge in [-0.25, -0.2) is 4.68 Å². The first-order valence-corrected chi connectivity index (χ1v) is 5.58. The van der Waals surface area contributed by atoms with Crippen LogP contribution in [0.2, 0.25) is 0 Å².